The molecule has 8 nitrogen and oxygen atoms in total. The van der Waals surface area contributed by atoms with Gasteiger partial charge in [-0.2, -0.15) is 0 Å². The van der Waals surface area contributed by atoms with Gasteiger partial charge in [-0.25, -0.2) is 0 Å². The number of rotatable bonds is 11. The molecule has 1 aromatic rings. The van der Waals surface area contributed by atoms with Crippen molar-refractivity contribution in [2.75, 3.05) is 60.2 Å². The lowest BCUT2D eigenvalue weighted by Gasteiger charge is -2.26. The van der Waals surface area contributed by atoms with Gasteiger partial charge >= 0.3 is 0 Å². The number of imide groups is 1. The fourth-order valence-corrected chi connectivity index (χ4v) is 3.27. The molecule has 0 aliphatic carbocycles. The summed E-state index contributed by atoms with van der Waals surface area (Å²) in [5, 5.41) is 0. The Morgan fingerprint density at radius 2 is 1.77 bits per heavy atom. The van der Waals surface area contributed by atoms with E-state index in [1.807, 2.05) is 6.92 Å². The SMILES string of the molecule is CCCN(C(=O)/C=C/c1cc(OC)c(OCCN2CCOCC2)c(OC)c1)C(=O)CC. The standard InChI is InChI=1S/C23H34N2O6/c1-5-9-25(21(26)6-2)22(27)8-7-18-16-19(28-3)23(20(17-18)29-4)31-15-12-24-10-13-30-14-11-24/h7-8,16-17H,5-6,9-15H2,1-4H3/b8-7+. The molecule has 1 fully saturated rings. The molecule has 1 aliphatic heterocycles. The summed E-state index contributed by atoms with van der Waals surface area (Å²) >= 11 is 0. The van der Waals surface area contributed by atoms with E-state index in [0.717, 1.165) is 32.8 Å². The summed E-state index contributed by atoms with van der Waals surface area (Å²) in [4.78, 5) is 28.1. The van der Waals surface area contributed by atoms with Gasteiger partial charge in [0.1, 0.15) is 6.61 Å². The number of carbonyl (C=O) groups is 2. The van der Waals surface area contributed by atoms with Gasteiger partial charge in [0, 0.05) is 38.7 Å². The normalized spacial score (nSPS) is 14.5. The highest BCUT2D eigenvalue weighted by atomic mass is 16.5. The van der Waals surface area contributed by atoms with Crippen molar-refractivity contribution >= 4 is 17.9 Å². The van der Waals surface area contributed by atoms with Gasteiger partial charge in [0.05, 0.1) is 27.4 Å². The van der Waals surface area contributed by atoms with Gasteiger partial charge < -0.3 is 18.9 Å². The maximum atomic E-state index is 12.5. The molecule has 0 atom stereocenters. The molecule has 0 saturated carbocycles. The van der Waals surface area contributed by atoms with Gasteiger partial charge in [-0.1, -0.05) is 13.8 Å². The summed E-state index contributed by atoms with van der Waals surface area (Å²) in [7, 11) is 3.12. The van der Waals surface area contributed by atoms with Crippen LogP contribution in [0.4, 0.5) is 0 Å². The zero-order valence-electron chi connectivity index (χ0n) is 19.0. The molecule has 8 heteroatoms. The lowest BCUT2D eigenvalue weighted by atomic mass is 10.1. The van der Waals surface area contributed by atoms with Gasteiger partial charge in [0.2, 0.25) is 11.7 Å². The third-order valence-corrected chi connectivity index (χ3v) is 4.98. The predicted molar refractivity (Wildman–Crippen MR) is 119 cm³/mol. The van der Waals surface area contributed by atoms with Crippen LogP contribution in [0.1, 0.15) is 32.3 Å². The van der Waals surface area contributed by atoms with E-state index in [9.17, 15) is 9.59 Å². The van der Waals surface area contributed by atoms with E-state index in [-0.39, 0.29) is 18.2 Å². The smallest absolute Gasteiger partial charge is 0.253 e. The second-order valence-electron chi connectivity index (χ2n) is 7.13. The van der Waals surface area contributed by atoms with Crippen molar-refractivity contribution in [3.8, 4) is 17.2 Å². The second-order valence-corrected chi connectivity index (χ2v) is 7.13. The first-order valence-electron chi connectivity index (χ1n) is 10.7. The molecule has 2 rings (SSSR count). The molecular weight excluding hydrogens is 400 g/mol. The number of methoxy groups -OCH3 is 2. The molecular formula is C23H34N2O6. The first-order chi connectivity index (χ1) is 15.0. The molecule has 0 aromatic heterocycles. The zero-order valence-corrected chi connectivity index (χ0v) is 19.0. The van der Waals surface area contributed by atoms with Crippen molar-refractivity contribution in [2.24, 2.45) is 0 Å². The van der Waals surface area contributed by atoms with Crippen molar-refractivity contribution in [3.05, 3.63) is 23.8 Å². The molecule has 0 spiro atoms. The summed E-state index contributed by atoms with van der Waals surface area (Å²) < 4.78 is 22.3. The topological polar surface area (TPSA) is 77.5 Å². The molecule has 1 aliphatic rings. The highest BCUT2D eigenvalue weighted by Gasteiger charge is 2.18. The molecule has 1 aromatic carbocycles. The molecule has 1 heterocycles. The number of hydrogen-bond donors (Lipinski definition) is 0. The van der Waals surface area contributed by atoms with Crippen LogP contribution in [0.15, 0.2) is 18.2 Å². The minimum absolute atomic E-state index is 0.185. The lowest BCUT2D eigenvalue weighted by molar-refractivity contribution is -0.141. The van der Waals surface area contributed by atoms with E-state index in [1.165, 1.54) is 11.0 Å². The number of ether oxygens (including phenoxy) is 4. The van der Waals surface area contributed by atoms with Gasteiger partial charge in [0.25, 0.3) is 5.91 Å². The second kappa shape index (κ2) is 13.0. The Hall–Kier alpha value is -2.58. The highest BCUT2D eigenvalue weighted by Crippen LogP contribution is 2.39. The largest absolute Gasteiger partial charge is 0.493 e. The van der Waals surface area contributed by atoms with E-state index < -0.39 is 0 Å². The van der Waals surface area contributed by atoms with Gasteiger partial charge in [0.15, 0.2) is 11.5 Å². The van der Waals surface area contributed by atoms with Gasteiger partial charge in [-0.15, -0.1) is 0 Å². The molecule has 2 amide bonds. The average molecular weight is 435 g/mol. The quantitative estimate of drug-likeness (QED) is 0.496. The first kappa shape index (κ1) is 24.7. The van der Waals surface area contributed by atoms with E-state index >= 15 is 0 Å². The summed E-state index contributed by atoms with van der Waals surface area (Å²) in [6, 6.07) is 3.56. The fourth-order valence-electron chi connectivity index (χ4n) is 3.27. The summed E-state index contributed by atoms with van der Waals surface area (Å²) in [5.74, 6) is 1.04. The van der Waals surface area contributed by atoms with Crippen molar-refractivity contribution in [1.29, 1.82) is 0 Å². The molecule has 0 radical (unpaired) electrons. The number of carbonyl (C=O) groups excluding carboxylic acids is 2. The van der Waals surface area contributed by atoms with E-state index in [0.29, 0.717) is 42.4 Å². The first-order valence-corrected chi connectivity index (χ1v) is 10.7. The van der Waals surface area contributed by atoms with Gasteiger partial charge in [-0.3, -0.25) is 19.4 Å². The van der Waals surface area contributed by atoms with Crippen molar-refractivity contribution < 1.29 is 28.5 Å². The van der Waals surface area contributed by atoms with Crippen molar-refractivity contribution in [1.82, 2.24) is 9.80 Å². The van der Waals surface area contributed by atoms with E-state index in [2.05, 4.69) is 4.90 Å². The van der Waals surface area contributed by atoms with Crippen LogP contribution in [0.2, 0.25) is 0 Å². The third kappa shape index (κ3) is 7.25. The molecule has 0 N–H and O–H groups in total. The van der Waals surface area contributed by atoms with Crippen molar-refractivity contribution in [3.63, 3.8) is 0 Å². The minimum Gasteiger partial charge on any atom is -0.493 e. The van der Waals surface area contributed by atoms with Crippen molar-refractivity contribution in [2.45, 2.75) is 26.7 Å². The maximum absolute atomic E-state index is 12.5. The number of amides is 2. The number of morpholine rings is 1. The Balaban J connectivity index is 2.11. The monoisotopic (exact) mass is 434 g/mol. The lowest BCUT2D eigenvalue weighted by Crippen LogP contribution is -2.38. The van der Waals surface area contributed by atoms with E-state index in [1.54, 1.807) is 39.4 Å². The zero-order chi connectivity index (χ0) is 22.6. The number of benzene rings is 1. The molecule has 172 valence electrons. The fraction of sp³-hybridized carbons (Fsp3) is 0.565. The van der Waals surface area contributed by atoms with Crippen LogP contribution in [-0.4, -0.2) is 81.8 Å². The molecule has 0 bridgehead atoms. The summed E-state index contributed by atoms with van der Waals surface area (Å²) in [5.41, 5.74) is 0.711. The van der Waals surface area contributed by atoms with Crippen LogP contribution in [-0.2, 0) is 14.3 Å². The Morgan fingerprint density at radius 3 is 2.32 bits per heavy atom. The number of hydrogen-bond acceptors (Lipinski definition) is 7. The van der Waals surface area contributed by atoms with Crippen LogP contribution in [0.25, 0.3) is 6.08 Å². The average Bonchev–Trinajstić information content (AvgIpc) is 2.81. The van der Waals surface area contributed by atoms with Crippen LogP contribution < -0.4 is 14.2 Å². The van der Waals surface area contributed by atoms with Gasteiger partial charge in [-0.05, 0) is 30.2 Å². The molecule has 0 unspecified atom stereocenters. The summed E-state index contributed by atoms with van der Waals surface area (Å²) in [6.45, 7) is 8.62. The maximum Gasteiger partial charge on any atom is 0.253 e. The Labute approximate surface area is 184 Å². The van der Waals surface area contributed by atoms with Crippen LogP contribution in [0.5, 0.6) is 17.2 Å². The van der Waals surface area contributed by atoms with Crippen LogP contribution in [0.3, 0.4) is 0 Å². The minimum atomic E-state index is -0.336. The molecule has 31 heavy (non-hydrogen) atoms. The summed E-state index contributed by atoms with van der Waals surface area (Å²) in [6.07, 6.45) is 4.05. The van der Waals surface area contributed by atoms with Crippen LogP contribution >= 0.6 is 0 Å². The van der Waals surface area contributed by atoms with E-state index in [4.69, 9.17) is 18.9 Å². The highest BCUT2D eigenvalue weighted by molar-refractivity contribution is 6.02. The Bertz CT molecular complexity index is 733. The third-order valence-electron chi connectivity index (χ3n) is 4.98. The van der Waals surface area contributed by atoms with Crippen LogP contribution in [0, 0.1) is 0 Å². The Morgan fingerprint density at radius 1 is 1.13 bits per heavy atom. The Kier molecular flexibility index (Phi) is 10.3. The predicted octanol–water partition coefficient (Wildman–Crippen LogP) is 2.60. The number of nitrogens with zero attached hydrogens (tertiary/aromatic N) is 2. The molecule has 1 saturated heterocycles.